The molecular formula is C27H33N7O3. The van der Waals surface area contributed by atoms with Crippen molar-refractivity contribution < 1.29 is 9.47 Å². The summed E-state index contributed by atoms with van der Waals surface area (Å²) in [7, 11) is 1.84. The van der Waals surface area contributed by atoms with Crippen LogP contribution in [0.25, 0.3) is 22.6 Å². The van der Waals surface area contributed by atoms with Crippen molar-refractivity contribution in [3.05, 3.63) is 77.1 Å². The van der Waals surface area contributed by atoms with E-state index in [4.69, 9.17) is 9.47 Å². The van der Waals surface area contributed by atoms with Crippen molar-refractivity contribution in [3.63, 3.8) is 0 Å². The maximum atomic E-state index is 12.4. The summed E-state index contributed by atoms with van der Waals surface area (Å²) < 4.78 is 14.3. The zero-order chi connectivity index (χ0) is 26.0. The molecule has 1 saturated heterocycles. The van der Waals surface area contributed by atoms with Gasteiger partial charge >= 0.3 is 0 Å². The lowest BCUT2D eigenvalue weighted by Crippen LogP contribution is -2.38. The first-order valence-electron chi connectivity index (χ1n) is 12.6. The van der Waals surface area contributed by atoms with E-state index in [1.807, 2.05) is 51.4 Å². The molecule has 37 heavy (non-hydrogen) atoms. The van der Waals surface area contributed by atoms with E-state index in [1.54, 1.807) is 29.3 Å². The van der Waals surface area contributed by atoms with Gasteiger partial charge in [-0.3, -0.25) is 14.4 Å². The van der Waals surface area contributed by atoms with Gasteiger partial charge in [0.2, 0.25) is 0 Å². The maximum absolute atomic E-state index is 12.4. The van der Waals surface area contributed by atoms with Crippen molar-refractivity contribution in [2.45, 2.75) is 20.4 Å². The number of ether oxygens (including phenoxy) is 2. The van der Waals surface area contributed by atoms with Gasteiger partial charge in [-0.15, -0.1) is 0 Å². The van der Waals surface area contributed by atoms with Gasteiger partial charge < -0.3 is 9.47 Å². The number of hydrogen-bond acceptors (Lipinski definition) is 8. The van der Waals surface area contributed by atoms with Crippen molar-refractivity contribution >= 4 is 0 Å². The van der Waals surface area contributed by atoms with Gasteiger partial charge in [-0.1, -0.05) is 32.0 Å². The summed E-state index contributed by atoms with van der Waals surface area (Å²) in [6.07, 6.45) is 6.98. The molecule has 10 heteroatoms. The molecule has 0 amide bonds. The van der Waals surface area contributed by atoms with E-state index in [2.05, 4.69) is 25.1 Å². The fourth-order valence-electron chi connectivity index (χ4n) is 3.91. The Labute approximate surface area is 216 Å². The number of benzene rings is 1. The SMILES string of the molecule is CC.Cn1cc(-c2ccc(=O)n(Cc3cccc(-c4ncc(OCCN5CCOCC5)cn4)c3)n2)cn1. The molecule has 10 nitrogen and oxygen atoms in total. The molecule has 1 fully saturated rings. The standard InChI is InChI=1S/C25H27N7O3.C2H6/c1-30-18-21(14-28-30)23-5-6-24(33)32(29-23)17-19-3-2-4-20(13-19)25-26-15-22(16-27-25)35-12-9-31-7-10-34-11-8-31;1-2/h2-6,13-16,18H,7-12,17H2,1H3;1-2H3. The minimum absolute atomic E-state index is 0.169. The highest BCUT2D eigenvalue weighted by molar-refractivity contribution is 5.57. The molecule has 3 aromatic heterocycles. The Balaban J connectivity index is 0.00000156. The fourth-order valence-corrected chi connectivity index (χ4v) is 3.91. The van der Waals surface area contributed by atoms with E-state index in [0.717, 1.165) is 49.5 Å². The molecule has 0 N–H and O–H groups in total. The normalized spacial score (nSPS) is 13.6. The molecule has 4 aromatic rings. The Bertz CT molecular complexity index is 1330. The highest BCUT2D eigenvalue weighted by Crippen LogP contribution is 2.19. The zero-order valence-corrected chi connectivity index (χ0v) is 21.6. The molecular weight excluding hydrogens is 470 g/mol. The topological polar surface area (TPSA) is 100 Å². The van der Waals surface area contributed by atoms with Gasteiger partial charge in [-0.05, 0) is 17.7 Å². The van der Waals surface area contributed by atoms with Gasteiger partial charge in [0.05, 0.1) is 44.0 Å². The predicted octanol–water partition coefficient (Wildman–Crippen LogP) is 2.89. The molecule has 0 atom stereocenters. The van der Waals surface area contributed by atoms with Crippen molar-refractivity contribution in [3.8, 4) is 28.4 Å². The van der Waals surface area contributed by atoms with Crippen LogP contribution in [0.4, 0.5) is 0 Å². The highest BCUT2D eigenvalue weighted by Gasteiger charge is 2.11. The summed E-state index contributed by atoms with van der Waals surface area (Å²) in [5.74, 6) is 1.23. The lowest BCUT2D eigenvalue weighted by Gasteiger charge is -2.26. The molecule has 0 radical (unpaired) electrons. The molecule has 5 rings (SSSR count). The molecule has 1 aliphatic heterocycles. The molecule has 0 spiro atoms. The maximum Gasteiger partial charge on any atom is 0.267 e. The van der Waals surface area contributed by atoms with Crippen LogP contribution in [0.2, 0.25) is 0 Å². The smallest absolute Gasteiger partial charge is 0.267 e. The van der Waals surface area contributed by atoms with Gasteiger partial charge in [0.25, 0.3) is 5.56 Å². The molecule has 0 saturated carbocycles. The van der Waals surface area contributed by atoms with Crippen LogP contribution >= 0.6 is 0 Å². The minimum atomic E-state index is -0.169. The van der Waals surface area contributed by atoms with Crippen LogP contribution < -0.4 is 10.3 Å². The molecule has 4 heterocycles. The molecule has 0 unspecified atom stereocenters. The average Bonchev–Trinajstić information content (AvgIpc) is 3.38. The minimum Gasteiger partial charge on any atom is -0.489 e. The van der Waals surface area contributed by atoms with Crippen LogP contribution in [0.1, 0.15) is 19.4 Å². The third-order valence-electron chi connectivity index (χ3n) is 5.79. The van der Waals surface area contributed by atoms with Crippen LogP contribution in [0.15, 0.2) is 66.0 Å². The van der Waals surface area contributed by atoms with E-state index in [0.29, 0.717) is 30.4 Å². The summed E-state index contributed by atoms with van der Waals surface area (Å²) in [6.45, 7) is 9.19. The van der Waals surface area contributed by atoms with Crippen LogP contribution in [0.3, 0.4) is 0 Å². The van der Waals surface area contributed by atoms with Crippen molar-refractivity contribution in [1.29, 1.82) is 0 Å². The Morgan fingerprint density at radius 1 is 1.00 bits per heavy atom. The molecule has 1 aliphatic rings. The molecule has 1 aromatic carbocycles. The first-order chi connectivity index (χ1) is 18.1. The summed E-state index contributed by atoms with van der Waals surface area (Å²) in [4.78, 5) is 23.7. The zero-order valence-electron chi connectivity index (χ0n) is 21.6. The van der Waals surface area contributed by atoms with Crippen LogP contribution in [-0.4, -0.2) is 73.9 Å². The Morgan fingerprint density at radius 3 is 2.51 bits per heavy atom. The third kappa shape index (κ3) is 7.08. The second-order valence-corrected chi connectivity index (χ2v) is 8.36. The molecule has 0 aliphatic carbocycles. The highest BCUT2D eigenvalue weighted by atomic mass is 16.5. The van der Waals surface area contributed by atoms with Crippen LogP contribution in [0.5, 0.6) is 5.75 Å². The lowest BCUT2D eigenvalue weighted by atomic mass is 10.1. The fraction of sp³-hybridized carbons (Fsp3) is 0.370. The Morgan fingerprint density at radius 2 is 1.78 bits per heavy atom. The van der Waals surface area contributed by atoms with Gasteiger partial charge in [0.15, 0.2) is 11.6 Å². The van der Waals surface area contributed by atoms with E-state index in [9.17, 15) is 4.79 Å². The number of aromatic nitrogens is 6. The number of aryl methyl sites for hydroxylation is 1. The van der Waals surface area contributed by atoms with Gasteiger partial charge in [0, 0.05) is 50.1 Å². The molecule has 0 bridgehead atoms. The van der Waals surface area contributed by atoms with Gasteiger partial charge in [0.1, 0.15) is 6.61 Å². The van der Waals surface area contributed by atoms with E-state index in [1.165, 1.54) is 10.7 Å². The van der Waals surface area contributed by atoms with Crippen LogP contribution in [0, 0.1) is 0 Å². The van der Waals surface area contributed by atoms with Crippen molar-refractivity contribution in [2.75, 3.05) is 39.5 Å². The van der Waals surface area contributed by atoms with E-state index < -0.39 is 0 Å². The van der Waals surface area contributed by atoms with Crippen molar-refractivity contribution in [2.24, 2.45) is 7.05 Å². The number of hydrogen-bond donors (Lipinski definition) is 0. The van der Waals surface area contributed by atoms with Crippen molar-refractivity contribution in [1.82, 2.24) is 34.4 Å². The number of rotatable bonds is 8. The third-order valence-corrected chi connectivity index (χ3v) is 5.79. The Kier molecular flexibility index (Phi) is 9.12. The molecule has 194 valence electrons. The predicted molar refractivity (Wildman–Crippen MR) is 141 cm³/mol. The second-order valence-electron chi connectivity index (χ2n) is 8.36. The monoisotopic (exact) mass is 503 g/mol. The number of morpholine rings is 1. The van der Waals surface area contributed by atoms with Gasteiger partial charge in [-0.25, -0.2) is 14.6 Å². The largest absolute Gasteiger partial charge is 0.489 e. The van der Waals surface area contributed by atoms with Gasteiger partial charge in [-0.2, -0.15) is 10.2 Å². The first kappa shape index (κ1) is 26.2. The first-order valence-corrected chi connectivity index (χ1v) is 12.6. The van der Waals surface area contributed by atoms with E-state index >= 15 is 0 Å². The lowest BCUT2D eigenvalue weighted by molar-refractivity contribution is 0.0322. The van der Waals surface area contributed by atoms with E-state index in [-0.39, 0.29) is 5.56 Å². The average molecular weight is 504 g/mol. The summed E-state index contributed by atoms with van der Waals surface area (Å²) >= 11 is 0. The summed E-state index contributed by atoms with van der Waals surface area (Å²) in [5.41, 5.74) is 3.17. The quantitative estimate of drug-likeness (QED) is 0.362. The Hall–Kier alpha value is -3.89. The summed E-state index contributed by atoms with van der Waals surface area (Å²) in [6, 6.07) is 11.0. The number of nitrogens with zero attached hydrogens (tertiary/aromatic N) is 7. The second kappa shape index (κ2) is 12.9. The summed E-state index contributed by atoms with van der Waals surface area (Å²) in [5, 5.41) is 8.70. The van der Waals surface area contributed by atoms with Crippen LogP contribution in [-0.2, 0) is 18.3 Å².